The second-order valence-corrected chi connectivity index (χ2v) is 6.43. The Balaban J connectivity index is 1.74. The van der Waals surface area contributed by atoms with Crippen LogP contribution in [-0.4, -0.2) is 37.1 Å². The van der Waals surface area contributed by atoms with E-state index in [0.29, 0.717) is 28.5 Å². The molecule has 29 heavy (non-hydrogen) atoms. The molecule has 0 saturated carbocycles. The Morgan fingerprint density at radius 1 is 0.897 bits per heavy atom. The summed E-state index contributed by atoms with van der Waals surface area (Å²) < 4.78 is 16.0. The molecule has 0 aliphatic rings. The number of carbonyl (C=O) groups excluding carboxylic acids is 1. The first-order chi connectivity index (χ1) is 14.1. The van der Waals surface area contributed by atoms with E-state index in [2.05, 4.69) is 9.97 Å². The van der Waals surface area contributed by atoms with Crippen molar-refractivity contribution in [1.29, 1.82) is 0 Å². The first-order valence-corrected chi connectivity index (χ1v) is 9.04. The molecule has 0 atom stereocenters. The van der Waals surface area contributed by atoms with Gasteiger partial charge in [-0.15, -0.1) is 0 Å². The minimum Gasteiger partial charge on any atom is -0.493 e. The van der Waals surface area contributed by atoms with Crippen molar-refractivity contribution in [2.24, 2.45) is 0 Å². The molecular weight excluding hydrogens is 368 g/mol. The van der Waals surface area contributed by atoms with E-state index < -0.39 is 0 Å². The molecule has 0 unspecified atom stereocenters. The molecule has 0 radical (unpaired) electrons. The SMILES string of the molecule is COc1cc(C(=O)c2cccc(-c3ccc4[nH]ccc4c3)n2)cc(OC)c1OC. The Morgan fingerprint density at radius 3 is 2.34 bits per heavy atom. The van der Waals surface area contributed by atoms with Gasteiger partial charge in [-0.25, -0.2) is 4.98 Å². The molecule has 1 N–H and O–H groups in total. The van der Waals surface area contributed by atoms with Crippen LogP contribution >= 0.6 is 0 Å². The van der Waals surface area contributed by atoms with Crippen molar-refractivity contribution in [3.8, 4) is 28.5 Å². The highest BCUT2D eigenvalue weighted by molar-refractivity contribution is 6.08. The number of benzene rings is 2. The average Bonchev–Trinajstić information content (AvgIpc) is 3.25. The minimum absolute atomic E-state index is 0.228. The van der Waals surface area contributed by atoms with Crippen LogP contribution in [0.4, 0.5) is 0 Å². The lowest BCUT2D eigenvalue weighted by Crippen LogP contribution is -2.06. The van der Waals surface area contributed by atoms with Crippen molar-refractivity contribution in [1.82, 2.24) is 9.97 Å². The predicted molar refractivity (Wildman–Crippen MR) is 111 cm³/mol. The zero-order valence-electron chi connectivity index (χ0n) is 16.4. The lowest BCUT2D eigenvalue weighted by Gasteiger charge is -2.13. The number of hydrogen-bond donors (Lipinski definition) is 1. The predicted octanol–water partition coefficient (Wildman–Crippen LogP) is 4.49. The zero-order chi connectivity index (χ0) is 20.4. The van der Waals surface area contributed by atoms with E-state index in [4.69, 9.17) is 14.2 Å². The Bertz CT molecular complexity index is 1170. The molecule has 146 valence electrons. The van der Waals surface area contributed by atoms with Gasteiger partial charge in [0, 0.05) is 28.2 Å². The fourth-order valence-corrected chi connectivity index (χ4v) is 3.29. The Kier molecular flexibility index (Phi) is 4.91. The monoisotopic (exact) mass is 388 g/mol. The van der Waals surface area contributed by atoms with Gasteiger partial charge in [-0.1, -0.05) is 12.1 Å². The largest absolute Gasteiger partial charge is 0.493 e. The smallest absolute Gasteiger partial charge is 0.211 e. The molecule has 2 aromatic heterocycles. The second-order valence-electron chi connectivity index (χ2n) is 6.43. The molecule has 2 heterocycles. The van der Waals surface area contributed by atoms with Crippen molar-refractivity contribution in [2.45, 2.75) is 0 Å². The molecule has 0 aliphatic heterocycles. The minimum atomic E-state index is -0.228. The number of H-pyrrole nitrogens is 1. The molecule has 0 amide bonds. The number of aromatic amines is 1. The van der Waals surface area contributed by atoms with Crippen LogP contribution < -0.4 is 14.2 Å². The number of pyridine rings is 1. The van der Waals surface area contributed by atoms with Crippen molar-refractivity contribution in [3.63, 3.8) is 0 Å². The molecule has 2 aromatic carbocycles. The maximum absolute atomic E-state index is 13.1. The number of nitrogens with zero attached hydrogens (tertiary/aromatic N) is 1. The molecule has 0 fully saturated rings. The summed E-state index contributed by atoms with van der Waals surface area (Å²) in [6, 6.07) is 16.7. The number of aromatic nitrogens is 2. The molecule has 4 rings (SSSR count). The summed E-state index contributed by atoms with van der Waals surface area (Å²) in [7, 11) is 4.55. The van der Waals surface area contributed by atoms with Crippen LogP contribution in [0.3, 0.4) is 0 Å². The highest BCUT2D eigenvalue weighted by atomic mass is 16.5. The molecule has 6 nitrogen and oxygen atoms in total. The van der Waals surface area contributed by atoms with E-state index in [1.807, 2.05) is 42.6 Å². The molecule has 0 aliphatic carbocycles. The van der Waals surface area contributed by atoms with E-state index >= 15 is 0 Å². The van der Waals surface area contributed by atoms with Gasteiger partial charge in [-0.05, 0) is 42.5 Å². The number of nitrogens with one attached hydrogen (secondary N) is 1. The molecule has 4 aromatic rings. The highest BCUT2D eigenvalue weighted by Crippen LogP contribution is 2.38. The third-order valence-corrected chi connectivity index (χ3v) is 4.76. The van der Waals surface area contributed by atoms with Crippen LogP contribution in [-0.2, 0) is 0 Å². The summed E-state index contributed by atoms with van der Waals surface area (Å²) in [6.07, 6.45) is 1.90. The van der Waals surface area contributed by atoms with E-state index in [1.165, 1.54) is 21.3 Å². The molecule has 6 heteroatoms. The molecular formula is C23H20N2O4. The van der Waals surface area contributed by atoms with Crippen molar-refractivity contribution < 1.29 is 19.0 Å². The lowest BCUT2D eigenvalue weighted by atomic mass is 10.0. The van der Waals surface area contributed by atoms with E-state index in [-0.39, 0.29) is 5.78 Å². The third kappa shape index (κ3) is 3.40. The van der Waals surface area contributed by atoms with E-state index in [9.17, 15) is 4.79 Å². The van der Waals surface area contributed by atoms with E-state index in [0.717, 1.165) is 22.2 Å². The van der Waals surface area contributed by atoms with Gasteiger partial charge < -0.3 is 19.2 Å². The van der Waals surface area contributed by atoms with Crippen LogP contribution in [0.15, 0.2) is 60.8 Å². The summed E-state index contributed by atoms with van der Waals surface area (Å²) in [5.41, 5.74) is 3.47. The number of methoxy groups -OCH3 is 3. The Morgan fingerprint density at radius 2 is 1.66 bits per heavy atom. The highest BCUT2D eigenvalue weighted by Gasteiger charge is 2.19. The summed E-state index contributed by atoms with van der Waals surface area (Å²) >= 11 is 0. The maximum atomic E-state index is 13.1. The van der Waals surface area contributed by atoms with Crippen LogP contribution in [0, 0.1) is 0 Å². The van der Waals surface area contributed by atoms with Gasteiger partial charge >= 0.3 is 0 Å². The number of rotatable bonds is 6. The number of fused-ring (bicyclic) bond motifs is 1. The Labute approximate surface area is 168 Å². The van der Waals surface area contributed by atoms with Gasteiger partial charge in [-0.2, -0.15) is 0 Å². The fraction of sp³-hybridized carbons (Fsp3) is 0.130. The first-order valence-electron chi connectivity index (χ1n) is 9.04. The summed E-state index contributed by atoms with van der Waals surface area (Å²) in [5, 5.41) is 1.09. The van der Waals surface area contributed by atoms with Crippen LogP contribution in [0.2, 0.25) is 0 Å². The number of hydrogen-bond acceptors (Lipinski definition) is 5. The van der Waals surface area contributed by atoms with Crippen molar-refractivity contribution in [3.05, 3.63) is 72.1 Å². The quantitative estimate of drug-likeness (QED) is 0.493. The molecule has 0 bridgehead atoms. The molecule has 0 spiro atoms. The van der Waals surface area contributed by atoms with E-state index in [1.54, 1.807) is 18.2 Å². The summed E-state index contributed by atoms with van der Waals surface area (Å²) in [6.45, 7) is 0. The maximum Gasteiger partial charge on any atom is 0.211 e. The van der Waals surface area contributed by atoms with Crippen LogP contribution in [0.25, 0.3) is 22.2 Å². The van der Waals surface area contributed by atoms with Gasteiger partial charge in [0.15, 0.2) is 11.5 Å². The second kappa shape index (κ2) is 7.67. The van der Waals surface area contributed by atoms with Gasteiger partial charge in [-0.3, -0.25) is 4.79 Å². The lowest BCUT2D eigenvalue weighted by molar-refractivity contribution is 0.103. The number of ether oxygens (including phenoxy) is 3. The first kappa shape index (κ1) is 18.6. The third-order valence-electron chi connectivity index (χ3n) is 4.76. The fourth-order valence-electron chi connectivity index (χ4n) is 3.29. The van der Waals surface area contributed by atoms with Crippen LogP contribution in [0.5, 0.6) is 17.2 Å². The Hall–Kier alpha value is -3.80. The average molecular weight is 388 g/mol. The van der Waals surface area contributed by atoms with Gasteiger partial charge in [0.2, 0.25) is 11.5 Å². The van der Waals surface area contributed by atoms with Gasteiger partial charge in [0.25, 0.3) is 0 Å². The zero-order valence-corrected chi connectivity index (χ0v) is 16.4. The summed E-state index contributed by atoms with van der Waals surface area (Å²) in [5.74, 6) is 1.05. The number of ketones is 1. The van der Waals surface area contributed by atoms with Crippen LogP contribution in [0.1, 0.15) is 16.1 Å². The summed E-state index contributed by atoms with van der Waals surface area (Å²) in [4.78, 5) is 20.9. The normalized spacial score (nSPS) is 10.7. The number of carbonyl (C=O) groups is 1. The molecule has 0 saturated heterocycles. The van der Waals surface area contributed by atoms with Crippen molar-refractivity contribution in [2.75, 3.05) is 21.3 Å². The van der Waals surface area contributed by atoms with Gasteiger partial charge in [0.1, 0.15) is 5.69 Å². The van der Waals surface area contributed by atoms with Gasteiger partial charge in [0.05, 0.1) is 27.0 Å². The topological polar surface area (TPSA) is 73.4 Å². The van der Waals surface area contributed by atoms with Crippen molar-refractivity contribution >= 4 is 16.7 Å². The standard InChI is InChI=1S/C23H20N2O4/c1-27-20-12-16(13-21(28-2)23(20)29-3)22(26)19-6-4-5-18(25-19)14-7-8-17-15(11-14)9-10-24-17/h4-13,24H,1-3H3.